The van der Waals surface area contributed by atoms with Crippen LogP contribution in [-0.2, 0) is 14.3 Å². The Balaban J connectivity index is 2.15. The van der Waals surface area contributed by atoms with Crippen LogP contribution in [0, 0.1) is 11.8 Å². The van der Waals surface area contributed by atoms with E-state index in [0.29, 0.717) is 12.5 Å². The Bertz CT molecular complexity index is 214. The van der Waals surface area contributed by atoms with Crippen molar-refractivity contribution in [3.63, 3.8) is 0 Å². The van der Waals surface area contributed by atoms with Gasteiger partial charge in [0.05, 0.1) is 12.9 Å². The summed E-state index contributed by atoms with van der Waals surface area (Å²) >= 11 is 0. The van der Waals surface area contributed by atoms with Crippen LogP contribution in [0.15, 0.2) is 0 Å². The van der Waals surface area contributed by atoms with Gasteiger partial charge >= 0.3 is 0 Å². The second kappa shape index (κ2) is 3.11. The Kier molecular flexibility index (Phi) is 2.54. The second-order valence-corrected chi connectivity index (χ2v) is 5.08. The number of rotatable bonds is 3. The van der Waals surface area contributed by atoms with Crippen molar-refractivity contribution in [2.75, 3.05) is 12.9 Å². The van der Waals surface area contributed by atoms with Gasteiger partial charge in [0.15, 0.2) is 0 Å². The molecule has 4 heteroatoms. The van der Waals surface area contributed by atoms with Gasteiger partial charge in [-0.3, -0.25) is 4.18 Å². The molecule has 0 saturated heterocycles. The smallest absolute Gasteiger partial charge is 0.264 e. The lowest BCUT2D eigenvalue weighted by molar-refractivity contribution is 0.135. The van der Waals surface area contributed by atoms with Crippen molar-refractivity contribution in [3.8, 4) is 0 Å². The second-order valence-electron chi connectivity index (χ2n) is 3.43. The van der Waals surface area contributed by atoms with E-state index in [0.717, 1.165) is 25.0 Å². The molecule has 1 aliphatic rings. The van der Waals surface area contributed by atoms with Crippen molar-refractivity contribution in [3.05, 3.63) is 0 Å². The summed E-state index contributed by atoms with van der Waals surface area (Å²) in [6, 6.07) is 0. The van der Waals surface area contributed by atoms with Crippen LogP contribution in [0.2, 0.25) is 0 Å². The first kappa shape index (κ1) is 9.00. The quantitative estimate of drug-likeness (QED) is 0.606. The zero-order chi connectivity index (χ0) is 8.48. The highest BCUT2D eigenvalue weighted by Gasteiger charge is 2.26. The average Bonchev–Trinajstić information content (AvgIpc) is 1.75. The molecule has 0 radical (unpaired) electrons. The topological polar surface area (TPSA) is 43.4 Å². The van der Waals surface area contributed by atoms with Gasteiger partial charge in [0.2, 0.25) is 0 Å². The van der Waals surface area contributed by atoms with Gasteiger partial charge in [-0.05, 0) is 24.7 Å². The molecule has 0 aromatic rings. The molecule has 0 spiro atoms. The lowest BCUT2D eigenvalue weighted by atomic mass is 9.77. The summed E-state index contributed by atoms with van der Waals surface area (Å²) in [5.74, 6) is 1.22. The Morgan fingerprint density at radius 1 is 1.45 bits per heavy atom. The highest BCUT2D eigenvalue weighted by atomic mass is 32.2. The first-order valence-corrected chi connectivity index (χ1v) is 5.63. The molecule has 0 amide bonds. The van der Waals surface area contributed by atoms with Crippen LogP contribution in [0.4, 0.5) is 0 Å². The summed E-state index contributed by atoms with van der Waals surface area (Å²) in [7, 11) is -3.21. The molecular formula is C7H14O3S. The van der Waals surface area contributed by atoms with Crippen LogP contribution in [-0.4, -0.2) is 21.3 Å². The highest BCUT2D eigenvalue weighted by Crippen LogP contribution is 2.33. The van der Waals surface area contributed by atoms with Gasteiger partial charge in [-0.25, -0.2) is 0 Å². The summed E-state index contributed by atoms with van der Waals surface area (Å²) in [6.07, 6.45) is 3.31. The van der Waals surface area contributed by atoms with E-state index >= 15 is 0 Å². The van der Waals surface area contributed by atoms with Crippen molar-refractivity contribution in [1.29, 1.82) is 0 Å². The van der Waals surface area contributed by atoms with Crippen LogP contribution < -0.4 is 0 Å². The van der Waals surface area contributed by atoms with Crippen molar-refractivity contribution in [2.45, 2.75) is 19.8 Å². The average molecular weight is 178 g/mol. The van der Waals surface area contributed by atoms with Crippen molar-refractivity contribution in [2.24, 2.45) is 11.8 Å². The lowest BCUT2D eigenvalue weighted by Crippen LogP contribution is -2.26. The molecule has 0 heterocycles. The standard InChI is InChI=1S/C7H14O3S/c1-6-3-7(4-6)5-10-11(2,8)9/h6-7H,3-5H2,1-2H3/t6-,7+. The third-order valence-electron chi connectivity index (χ3n) is 1.99. The van der Waals surface area contributed by atoms with E-state index in [-0.39, 0.29) is 0 Å². The van der Waals surface area contributed by atoms with Crippen molar-refractivity contribution in [1.82, 2.24) is 0 Å². The lowest BCUT2D eigenvalue weighted by Gasteiger charge is -2.31. The van der Waals surface area contributed by atoms with Crippen LogP contribution in [0.1, 0.15) is 19.8 Å². The number of hydrogen-bond acceptors (Lipinski definition) is 3. The summed E-state index contributed by atoms with van der Waals surface area (Å²) in [6.45, 7) is 2.54. The minimum atomic E-state index is -3.21. The van der Waals surface area contributed by atoms with Gasteiger partial charge in [-0.2, -0.15) is 8.42 Å². The normalized spacial score (nSPS) is 31.5. The van der Waals surface area contributed by atoms with E-state index in [4.69, 9.17) is 0 Å². The molecule has 1 rings (SSSR count). The summed E-state index contributed by atoms with van der Waals surface area (Å²) in [5.41, 5.74) is 0. The van der Waals surface area contributed by atoms with Gasteiger partial charge in [0.1, 0.15) is 0 Å². The Labute approximate surface area is 67.9 Å². The van der Waals surface area contributed by atoms with Gasteiger partial charge in [-0.15, -0.1) is 0 Å². The minimum absolute atomic E-state index is 0.378. The summed E-state index contributed by atoms with van der Waals surface area (Å²) in [4.78, 5) is 0. The molecule has 0 aliphatic heterocycles. The molecule has 3 nitrogen and oxygen atoms in total. The van der Waals surface area contributed by atoms with Crippen LogP contribution in [0.25, 0.3) is 0 Å². The predicted molar refractivity (Wildman–Crippen MR) is 42.7 cm³/mol. The molecule has 0 atom stereocenters. The first-order chi connectivity index (χ1) is 4.97. The zero-order valence-electron chi connectivity index (χ0n) is 6.91. The molecule has 1 fully saturated rings. The van der Waals surface area contributed by atoms with Crippen molar-refractivity contribution < 1.29 is 12.6 Å². The van der Waals surface area contributed by atoms with E-state index in [1.54, 1.807) is 0 Å². The Morgan fingerprint density at radius 2 is 2.00 bits per heavy atom. The van der Waals surface area contributed by atoms with E-state index < -0.39 is 10.1 Å². The van der Waals surface area contributed by atoms with Gasteiger partial charge in [0.25, 0.3) is 10.1 Å². The summed E-state index contributed by atoms with van der Waals surface area (Å²) < 4.78 is 25.7. The molecule has 0 aromatic carbocycles. The first-order valence-electron chi connectivity index (χ1n) is 3.82. The molecule has 0 aromatic heterocycles. The largest absolute Gasteiger partial charge is 0.270 e. The van der Waals surface area contributed by atoms with E-state index in [1.807, 2.05) is 0 Å². The van der Waals surface area contributed by atoms with Crippen molar-refractivity contribution >= 4 is 10.1 Å². The number of hydrogen-bond donors (Lipinski definition) is 0. The SMILES string of the molecule is CS(=O)(=O)OC[C@H]1C[C@@H](C)C1. The monoisotopic (exact) mass is 178 g/mol. The van der Waals surface area contributed by atoms with E-state index in [2.05, 4.69) is 11.1 Å². The van der Waals surface area contributed by atoms with Gasteiger partial charge < -0.3 is 0 Å². The Hall–Kier alpha value is -0.0900. The minimum Gasteiger partial charge on any atom is -0.270 e. The predicted octanol–water partition coefficient (Wildman–Crippen LogP) is 1.01. The summed E-state index contributed by atoms with van der Waals surface area (Å²) in [5, 5.41) is 0. The highest BCUT2D eigenvalue weighted by molar-refractivity contribution is 7.85. The van der Waals surface area contributed by atoms with Crippen LogP contribution in [0.3, 0.4) is 0 Å². The molecule has 1 saturated carbocycles. The third-order valence-corrected chi connectivity index (χ3v) is 2.55. The fraction of sp³-hybridized carbons (Fsp3) is 1.00. The maximum absolute atomic E-state index is 10.5. The molecular weight excluding hydrogens is 164 g/mol. The van der Waals surface area contributed by atoms with Gasteiger partial charge in [0, 0.05) is 0 Å². The van der Waals surface area contributed by atoms with Crippen LogP contribution >= 0.6 is 0 Å². The van der Waals surface area contributed by atoms with Crippen LogP contribution in [0.5, 0.6) is 0 Å². The maximum Gasteiger partial charge on any atom is 0.264 e. The zero-order valence-corrected chi connectivity index (χ0v) is 7.73. The van der Waals surface area contributed by atoms with Gasteiger partial charge in [-0.1, -0.05) is 6.92 Å². The van der Waals surface area contributed by atoms with E-state index in [9.17, 15) is 8.42 Å². The molecule has 1 aliphatic carbocycles. The fourth-order valence-electron chi connectivity index (χ4n) is 1.42. The molecule has 0 unspecified atom stereocenters. The fourth-order valence-corrected chi connectivity index (χ4v) is 1.86. The molecule has 66 valence electrons. The van der Waals surface area contributed by atoms with E-state index in [1.165, 1.54) is 0 Å². The Morgan fingerprint density at radius 3 is 2.36 bits per heavy atom. The molecule has 11 heavy (non-hydrogen) atoms. The third kappa shape index (κ3) is 3.20. The maximum atomic E-state index is 10.5. The molecule has 0 bridgehead atoms. The molecule has 0 N–H and O–H groups in total.